The molecule has 2 rings (SSSR count). The van der Waals surface area contributed by atoms with Crippen LogP contribution >= 0.6 is 11.6 Å². The summed E-state index contributed by atoms with van der Waals surface area (Å²) in [4.78, 5) is 10.5. The lowest BCUT2D eigenvalue weighted by Crippen LogP contribution is -2.27. The van der Waals surface area contributed by atoms with E-state index < -0.39 is 4.92 Å². The molecule has 0 aromatic heterocycles. The third-order valence-electron chi connectivity index (χ3n) is 3.58. The minimum atomic E-state index is -0.405. The molecule has 0 heterocycles. The van der Waals surface area contributed by atoms with Crippen molar-refractivity contribution in [3.8, 4) is 0 Å². The van der Waals surface area contributed by atoms with Gasteiger partial charge in [0.05, 0.1) is 11.0 Å². The fraction of sp³-hybridized carbons (Fsp3) is 0.538. The van der Waals surface area contributed by atoms with Crippen molar-refractivity contribution in [2.75, 3.05) is 6.54 Å². The van der Waals surface area contributed by atoms with Crippen LogP contribution in [0.25, 0.3) is 0 Å². The highest BCUT2D eigenvalue weighted by atomic mass is 35.5. The van der Waals surface area contributed by atoms with E-state index in [1.807, 2.05) is 0 Å². The van der Waals surface area contributed by atoms with Gasteiger partial charge in [-0.1, -0.05) is 18.0 Å². The van der Waals surface area contributed by atoms with Crippen molar-refractivity contribution >= 4 is 17.3 Å². The van der Waals surface area contributed by atoms with E-state index in [1.54, 1.807) is 6.07 Å². The van der Waals surface area contributed by atoms with Gasteiger partial charge < -0.3 is 10.4 Å². The minimum Gasteiger partial charge on any atom is -0.393 e. The number of benzene rings is 1. The van der Waals surface area contributed by atoms with Crippen molar-refractivity contribution in [2.45, 2.75) is 31.9 Å². The molecule has 1 fully saturated rings. The summed E-state index contributed by atoms with van der Waals surface area (Å²) in [6.45, 7) is 1.06. The van der Waals surface area contributed by atoms with Crippen LogP contribution in [0.2, 0.25) is 5.02 Å². The molecule has 6 heteroatoms. The van der Waals surface area contributed by atoms with Gasteiger partial charge in [0.25, 0.3) is 5.69 Å². The second-order valence-electron chi connectivity index (χ2n) is 4.92. The van der Waals surface area contributed by atoms with Crippen molar-refractivity contribution in [3.05, 3.63) is 38.9 Å². The maximum absolute atomic E-state index is 10.9. The summed E-state index contributed by atoms with van der Waals surface area (Å²) in [6.07, 6.45) is 2.65. The second kappa shape index (κ2) is 6.32. The first-order chi connectivity index (χ1) is 9.08. The van der Waals surface area contributed by atoms with Gasteiger partial charge in [-0.2, -0.15) is 0 Å². The lowest BCUT2D eigenvalue weighted by Gasteiger charge is -2.15. The Hall–Kier alpha value is -1.17. The van der Waals surface area contributed by atoms with E-state index in [0.717, 1.165) is 19.3 Å². The molecule has 0 spiro atoms. The lowest BCUT2D eigenvalue weighted by atomic mass is 10.1. The zero-order valence-corrected chi connectivity index (χ0v) is 11.3. The zero-order valence-electron chi connectivity index (χ0n) is 10.5. The number of rotatable bonds is 5. The van der Waals surface area contributed by atoms with Crippen molar-refractivity contribution in [1.82, 2.24) is 5.32 Å². The quantitative estimate of drug-likeness (QED) is 0.643. The number of hydrogen-bond donors (Lipinski definition) is 2. The predicted octanol–water partition coefficient (Wildman–Crippen LogP) is 2.50. The maximum Gasteiger partial charge on any atom is 0.273 e. The molecule has 2 unspecified atom stereocenters. The highest BCUT2D eigenvalue weighted by molar-refractivity contribution is 6.30. The summed E-state index contributed by atoms with van der Waals surface area (Å²) in [5.74, 6) is 0.248. The molecule has 19 heavy (non-hydrogen) atoms. The summed E-state index contributed by atoms with van der Waals surface area (Å²) in [5, 5.41) is 24.3. The van der Waals surface area contributed by atoms with Gasteiger partial charge in [0, 0.05) is 29.7 Å². The van der Waals surface area contributed by atoms with Crippen LogP contribution in [-0.4, -0.2) is 22.7 Å². The fourth-order valence-electron chi connectivity index (χ4n) is 2.52. The number of nitro groups is 1. The topological polar surface area (TPSA) is 75.4 Å². The monoisotopic (exact) mass is 284 g/mol. The molecule has 1 saturated carbocycles. The minimum absolute atomic E-state index is 0.0730. The number of halogens is 1. The molecule has 0 saturated heterocycles. The standard InChI is InChI=1S/C13H17ClN2O3/c14-11-4-5-12(16(18)19)10(6-11)8-15-7-9-2-1-3-13(9)17/h4-6,9,13,15,17H,1-3,7-8H2. The van der Waals surface area contributed by atoms with Crippen molar-refractivity contribution in [1.29, 1.82) is 0 Å². The fourth-order valence-corrected chi connectivity index (χ4v) is 2.72. The normalized spacial score (nSPS) is 22.6. The molecule has 0 bridgehead atoms. The molecular weight excluding hydrogens is 268 g/mol. The molecule has 1 aliphatic rings. The van der Waals surface area contributed by atoms with Crippen LogP contribution in [0.3, 0.4) is 0 Å². The Balaban J connectivity index is 1.95. The van der Waals surface area contributed by atoms with Gasteiger partial charge in [0.15, 0.2) is 0 Å². The summed E-state index contributed by atoms with van der Waals surface area (Å²) in [5.41, 5.74) is 0.647. The van der Waals surface area contributed by atoms with Crippen LogP contribution in [-0.2, 0) is 6.54 Å². The first-order valence-electron chi connectivity index (χ1n) is 6.39. The molecule has 1 aromatic rings. The van der Waals surface area contributed by atoms with Crippen LogP contribution < -0.4 is 5.32 Å². The SMILES string of the molecule is O=[N+]([O-])c1ccc(Cl)cc1CNCC1CCCC1O. The van der Waals surface area contributed by atoms with Gasteiger partial charge in [-0.3, -0.25) is 10.1 Å². The Morgan fingerprint density at radius 2 is 2.26 bits per heavy atom. The number of aliphatic hydroxyl groups is 1. The number of nitrogens with zero attached hydrogens (tertiary/aromatic N) is 1. The predicted molar refractivity (Wildman–Crippen MR) is 73.2 cm³/mol. The highest BCUT2D eigenvalue weighted by Gasteiger charge is 2.24. The van der Waals surface area contributed by atoms with E-state index in [2.05, 4.69) is 5.32 Å². The first kappa shape index (κ1) is 14.2. The van der Waals surface area contributed by atoms with Crippen LogP contribution in [0.15, 0.2) is 18.2 Å². The van der Waals surface area contributed by atoms with E-state index in [0.29, 0.717) is 23.7 Å². The van der Waals surface area contributed by atoms with Crippen molar-refractivity contribution in [2.24, 2.45) is 5.92 Å². The summed E-state index contributed by atoms with van der Waals surface area (Å²) < 4.78 is 0. The maximum atomic E-state index is 10.9. The van der Waals surface area contributed by atoms with Crippen LogP contribution in [0, 0.1) is 16.0 Å². The van der Waals surface area contributed by atoms with E-state index in [4.69, 9.17) is 11.6 Å². The van der Waals surface area contributed by atoms with Gasteiger partial charge in [0.1, 0.15) is 0 Å². The Bertz CT molecular complexity index is 467. The Morgan fingerprint density at radius 1 is 1.47 bits per heavy atom. The highest BCUT2D eigenvalue weighted by Crippen LogP contribution is 2.26. The average Bonchev–Trinajstić information content (AvgIpc) is 2.75. The van der Waals surface area contributed by atoms with E-state index >= 15 is 0 Å². The summed E-state index contributed by atoms with van der Waals surface area (Å²) in [6, 6.07) is 4.55. The summed E-state index contributed by atoms with van der Waals surface area (Å²) >= 11 is 5.86. The number of nitro benzene ring substituents is 1. The van der Waals surface area contributed by atoms with Gasteiger partial charge in [0.2, 0.25) is 0 Å². The molecular formula is C13H17ClN2O3. The van der Waals surface area contributed by atoms with Gasteiger partial charge in [-0.05, 0) is 30.9 Å². The molecule has 1 aliphatic carbocycles. The van der Waals surface area contributed by atoms with Crippen molar-refractivity contribution < 1.29 is 10.0 Å². The third kappa shape index (κ3) is 3.65. The Morgan fingerprint density at radius 3 is 2.89 bits per heavy atom. The lowest BCUT2D eigenvalue weighted by molar-refractivity contribution is -0.385. The summed E-state index contributed by atoms with van der Waals surface area (Å²) in [7, 11) is 0. The van der Waals surface area contributed by atoms with Crippen LogP contribution in [0.1, 0.15) is 24.8 Å². The Kier molecular flexibility index (Phi) is 4.74. The molecule has 1 aromatic carbocycles. The van der Waals surface area contributed by atoms with E-state index in [-0.39, 0.29) is 17.7 Å². The Labute approximate surface area is 116 Å². The van der Waals surface area contributed by atoms with E-state index in [9.17, 15) is 15.2 Å². The molecule has 0 radical (unpaired) electrons. The average molecular weight is 285 g/mol. The number of nitrogens with one attached hydrogen (secondary N) is 1. The molecule has 2 N–H and O–H groups in total. The molecule has 0 aliphatic heterocycles. The zero-order chi connectivity index (χ0) is 13.8. The first-order valence-corrected chi connectivity index (χ1v) is 6.77. The molecule has 0 amide bonds. The van der Waals surface area contributed by atoms with Gasteiger partial charge in [-0.25, -0.2) is 0 Å². The molecule has 104 valence electrons. The smallest absolute Gasteiger partial charge is 0.273 e. The van der Waals surface area contributed by atoms with Crippen LogP contribution in [0.4, 0.5) is 5.69 Å². The second-order valence-corrected chi connectivity index (χ2v) is 5.36. The molecule has 5 nitrogen and oxygen atoms in total. The number of hydrogen-bond acceptors (Lipinski definition) is 4. The van der Waals surface area contributed by atoms with Crippen molar-refractivity contribution in [3.63, 3.8) is 0 Å². The molecule has 2 atom stereocenters. The van der Waals surface area contributed by atoms with Gasteiger partial charge in [-0.15, -0.1) is 0 Å². The number of aliphatic hydroxyl groups excluding tert-OH is 1. The largest absolute Gasteiger partial charge is 0.393 e. The van der Waals surface area contributed by atoms with E-state index in [1.165, 1.54) is 12.1 Å². The van der Waals surface area contributed by atoms with Crippen LogP contribution in [0.5, 0.6) is 0 Å². The van der Waals surface area contributed by atoms with Gasteiger partial charge >= 0.3 is 0 Å². The third-order valence-corrected chi connectivity index (χ3v) is 3.81.